The van der Waals surface area contributed by atoms with Crippen LogP contribution in [-0.2, 0) is 0 Å². The smallest absolute Gasteiger partial charge is 0.0320 e. The van der Waals surface area contributed by atoms with Gasteiger partial charge in [0.25, 0.3) is 0 Å². The molecule has 0 bridgehead atoms. The van der Waals surface area contributed by atoms with Gasteiger partial charge >= 0.3 is 0 Å². The van der Waals surface area contributed by atoms with Crippen LogP contribution in [0.2, 0.25) is 0 Å². The maximum absolute atomic E-state index is 3.63. The highest BCUT2D eigenvalue weighted by Crippen LogP contribution is 2.04. The zero-order valence-electron chi connectivity index (χ0n) is 8.35. The van der Waals surface area contributed by atoms with Gasteiger partial charge in [-0.2, -0.15) is 0 Å². The second-order valence-electron chi connectivity index (χ2n) is 3.93. The summed E-state index contributed by atoms with van der Waals surface area (Å²) in [6, 6.07) is 1.23. The van der Waals surface area contributed by atoms with Crippen LogP contribution in [0.25, 0.3) is 0 Å². The standard InChI is InChI=1S/C9H21N3/c1-7(2)9-6-11-5-8(12-9)4-10-3/h7-12H,4-6H2,1-3H3. The van der Waals surface area contributed by atoms with Crippen molar-refractivity contribution in [2.75, 3.05) is 26.7 Å². The second kappa shape index (κ2) is 4.80. The highest BCUT2D eigenvalue weighted by atomic mass is 15.1. The first kappa shape index (κ1) is 9.96. The van der Waals surface area contributed by atoms with Crippen molar-refractivity contribution < 1.29 is 0 Å². The Morgan fingerprint density at radius 1 is 1.42 bits per heavy atom. The van der Waals surface area contributed by atoms with Gasteiger partial charge in [-0.15, -0.1) is 0 Å². The Bertz CT molecular complexity index is 123. The molecule has 1 aliphatic heterocycles. The minimum absolute atomic E-state index is 0.594. The Hall–Kier alpha value is -0.120. The van der Waals surface area contributed by atoms with Gasteiger partial charge in [-0.05, 0) is 13.0 Å². The number of hydrogen-bond donors (Lipinski definition) is 3. The lowest BCUT2D eigenvalue weighted by Crippen LogP contribution is -2.59. The Labute approximate surface area is 75.3 Å². The predicted molar refractivity (Wildman–Crippen MR) is 52.3 cm³/mol. The summed E-state index contributed by atoms with van der Waals surface area (Å²) >= 11 is 0. The first-order chi connectivity index (χ1) is 5.74. The van der Waals surface area contributed by atoms with Crippen molar-refractivity contribution >= 4 is 0 Å². The molecule has 3 heteroatoms. The average Bonchev–Trinajstić information content (AvgIpc) is 2.05. The van der Waals surface area contributed by atoms with Gasteiger partial charge < -0.3 is 16.0 Å². The van der Waals surface area contributed by atoms with Gasteiger partial charge in [-0.25, -0.2) is 0 Å². The number of rotatable bonds is 3. The van der Waals surface area contributed by atoms with Crippen molar-refractivity contribution in [1.29, 1.82) is 0 Å². The predicted octanol–water partition coefficient (Wildman–Crippen LogP) is -0.208. The molecule has 1 rings (SSSR count). The van der Waals surface area contributed by atoms with Crippen LogP contribution >= 0.6 is 0 Å². The molecule has 0 spiro atoms. The van der Waals surface area contributed by atoms with E-state index in [-0.39, 0.29) is 0 Å². The lowest BCUT2D eigenvalue weighted by atomic mass is 10.0. The molecule has 1 fully saturated rings. The zero-order valence-corrected chi connectivity index (χ0v) is 8.35. The highest BCUT2D eigenvalue weighted by Gasteiger charge is 2.21. The first-order valence-corrected chi connectivity index (χ1v) is 4.85. The average molecular weight is 171 g/mol. The SMILES string of the molecule is CNCC1CNCC(C(C)C)N1. The number of hydrogen-bond acceptors (Lipinski definition) is 3. The summed E-state index contributed by atoms with van der Waals surface area (Å²) in [6.45, 7) is 7.78. The van der Waals surface area contributed by atoms with Crippen LogP contribution in [-0.4, -0.2) is 38.8 Å². The molecule has 0 aromatic carbocycles. The van der Waals surface area contributed by atoms with Crippen LogP contribution in [0.4, 0.5) is 0 Å². The van der Waals surface area contributed by atoms with Gasteiger partial charge in [-0.3, -0.25) is 0 Å². The summed E-state index contributed by atoms with van der Waals surface area (Å²) in [5.41, 5.74) is 0. The van der Waals surface area contributed by atoms with Crippen molar-refractivity contribution in [3.05, 3.63) is 0 Å². The Kier molecular flexibility index (Phi) is 3.98. The van der Waals surface area contributed by atoms with Gasteiger partial charge in [0, 0.05) is 31.7 Å². The van der Waals surface area contributed by atoms with E-state index in [9.17, 15) is 0 Å². The maximum atomic E-state index is 3.63. The molecule has 3 N–H and O–H groups in total. The Morgan fingerprint density at radius 3 is 2.75 bits per heavy atom. The fourth-order valence-corrected chi connectivity index (χ4v) is 1.64. The van der Waals surface area contributed by atoms with Crippen LogP contribution < -0.4 is 16.0 Å². The van der Waals surface area contributed by atoms with E-state index >= 15 is 0 Å². The van der Waals surface area contributed by atoms with E-state index in [0.29, 0.717) is 12.1 Å². The number of nitrogens with one attached hydrogen (secondary N) is 3. The van der Waals surface area contributed by atoms with E-state index in [1.165, 1.54) is 0 Å². The molecule has 12 heavy (non-hydrogen) atoms. The van der Waals surface area contributed by atoms with E-state index in [2.05, 4.69) is 29.8 Å². The fourth-order valence-electron chi connectivity index (χ4n) is 1.64. The molecule has 0 saturated carbocycles. The highest BCUT2D eigenvalue weighted by molar-refractivity contribution is 4.85. The third kappa shape index (κ3) is 2.73. The first-order valence-electron chi connectivity index (χ1n) is 4.85. The monoisotopic (exact) mass is 171 g/mol. The molecule has 0 aromatic rings. The lowest BCUT2D eigenvalue weighted by Gasteiger charge is -2.34. The van der Waals surface area contributed by atoms with Crippen LogP contribution in [0.1, 0.15) is 13.8 Å². The van der Waals surface area contributed by atoms with Crippen LogP contribution in [0.3, 0.4) is 0 Å². The van der Waals surface area contributed by atoms with Crippen molar-refractivity contribution in [3.63, 3.8) is 0 Å². The summed E-state index contributed by atoms with van der Waals surface area (Å²) in [4.78, 5) is 0. The third-order valence-electron chi connectivity index (χ3n) is 2.46. The quantitative estimate of drug-likeness (QED) is 0.550. The summed E-state index contributed by atoms with van der Waals surface area (Å²) in [6.07, 6.45) is 0. The summed E-state index contributed by atoms with van der Waals surface area (Å²) in [7, 11) is 2.00. The normalized spacial score (nSPS) is 31.0. The third-order valence-corrected chi connectivity index (χ3v) is 2.46. The molecule has 1 saturated heterocycles. The molecular weight excluding hydrogens is 150 g/mol. The Balaban J connectivity index is 2.30. The minimum atomic E-state index is 0.594. The molecule has 0 amide bonds. The molecular formula is C9H21N3. The topological polar surface area (TPSA) is 36.1 Å². The van der Waals surface area contributed by atoms with E-state index in [1.54, 1.807) is 0 Å². The summed E-state index contributed by atoms with van der Waals surface area (Å²) < 4.78 is 0. The van der Waals surface area contributed by atoms with Crippen molar-refractivity contribution in [2.45, 2.75) is 25.9 Å². The molecule has 0 aliphatic carbocycles. The van der Waals surface area contributed by atoms with Gasteiger partial charge in [0.1, 0.15) is 0 Å². The minimum Gasteiger partial charge on any atom is -0.318 e. The number of piperazine rings is 1. The van der Waals surface area contributed by atoms with E-state index in [0.717, 1.165) is 25.6 Å². The Morgan fingerprint density at radius 2 is 2.17 bits per heavy atom. The lowest BCUT2D eigenvalue weighted by molar-refractivity contribution is 0.282. The molecule has 0 aromatic heterocycles. The number of likely N-dealkylation sites (N-methyl/N-ethyl adjacent to an activating group) is 1. The molecule has 1 heterocycles. The molecule has 1 aliphatic rings. The maximum Gasteiger partial charge on any atom is 0.0320 e. The van der Waals surface area contributed by atoms with Gasteiger partial charge in [0.15, 0.2) is 0 Å². The molecule has 3 nitrogen and oxygen atoms in total. The molecule has 2 unspecified atom stereocenters. The largest absolute Gasteiger partial charge is 0.318 e. The molecule has 2 atom stereocenters. The van der Waals surface area contributed by atoms with Gasteiger partial charge in [-0.1, -0.05) is 13.8 Å². The van der Waals surface area contributed by atoms with Crippen LogP contribution in [0, 0.1) is 5.92 Å². The second-order valence-corrected chi connectivity index (χ2v) is 3.93. The van der Waals surface area contributed by atoms with Crippen molar-refractivity contribution in [3.8, 4) is 0 Å². The van der Waals surface area contributed by atoms with Crippen LogP contribution in [0.15, 0.2) is 0 Å². The molecule has 72 valence electrons. The zero-order chi connectivity index (χ0) is 8.97. The van der Waals surface area contributed by atoms with E-state index in [4.69, 9.17) is 0 Å². The molecule has 0 radical (unpaired) electrons. The van der Waals surface area contributed by atoms with Crippen molar-refractivity contribution in [1.82, 2.24) is 16.0 Å². The van der Waals surface area contributed by atoms with Crippen molar-refractivity contribution in [2.24, 2.45) is 5.92 Å². The van der Waals surface area contributed by atoms with Gasteiger partial charge in [0.05, 0.1) is 0 Å². The fraction of sp³-hybridized carbons (Fsp3) is 1.00. The van der Waals surface area contributed by atoms with Gasteiger partial charge in [0.2, 0.25) is 0 Å². The van der Waals surface area contributed by atoms with E-state index < -0.39 is 0 Å². The summed E-state index contributed by atoms with van der Waals surface area (Å²) in [5, 5.41) is 10.3. The van der Waals surface area contributed by atoms with Crippen LogP contribution in [0.5, 0.6) is 0 Å². The van der Waals surface area contributed by atoms with E-state index in [1.807, 2.05) is 7.05 Å². The summed E-state index contributed by atoms with van der Waals surface area (Å²) in [5.74, 6) is 0.720.